The second kappa shape index (κ2) is 10.8. The molecule has 0 aliphatic heterocycles. The Labute approximate surface area is 100 Å². The van der Waals surface area contributed by atoms with E-state index in [1.54, 1.807) is 0 Å². The predicted molar refractivity (Wildman–Crippen MR) is 69.4 cm³/mol. The lowest BCUT2D eigenvalue weighted by Gasteiger charge is -2.14. The molecular weight excluding hydrogens is 200 g/mol. The summed E-state index contributed by atoms with van der Waals surface area (Å²) in [6.45, 7) is 5.22. The van der Waals surface area contributed by atoms with Crippen molar-refractivity contribution in [2.24, 2.45) is 11.7 Å². The Morgan fingerprint density at radius 3 is 2.38 bits per heavy atom. The van der Waals surface area contributed by atoms with E-state index in [0.29, 0.717) is 0 Å². The molecule has 0 radical (unpaired) electrons. The van der Waals surface area contributed by atoms with E-state index in [9.17, 15) is 4.79 Å². The van der Waals surface area contributed by atoms with Crippen LogP contribution in [0.5, 0.6) is 0 Å². The topological polar surface area (TPSA) is 55.1 Å². The fourth-order valence-corrected chi connectivity index (χ4v) is 2.01. The van der Waals surface area contributed by atoms with Gasteiger partial charge in [-0.3, -0.25) is 0 Å². The van der Waals surface area contributed by atoms with Crippen LogP contribution >= 0.6 is 0 Å². The lowest BCUT2D eigenvalue weighted by atomic mass is 9.93. The third-order valence-electron chi connectivity index (χ3n) is 3.13. The van der Waals surface area contributed by atoms with Gasteiger partial charge in [0.1, 0.15) is 0 Å². The number of primary amides is 1. The van der Waals surface area contributed by atoms with Crippen molar-refractivity contribution in [3.63, 3.8) is 0 Å². The van der Waals surface area contributed by atoms with E-state index >= 15 is 0 Å². The van der Waals surface area contributed by atoms with Crippen molar-refractivity contribution in [2.75, 3.05) is 6.54 Å². The normalized spacial score (nSPS) is 12.4. The first-order valence-electron chi connectivity index (χ1n) is 6.74. The first-order valence-corrected chi connectivity index (χ1v) is 6.74. The molecule has 0 aromatic rings. The summed E-state index contributed by atoms with van der Waals surface area (Å²) < 4.78 is 0. The van der Waals surface area contributed by atoms with Crippen LogP contribution in [0.1, 0.15) is 65.2 Å². The Hall–Kier alpha value is -0.730. The molecule has 3 N–H and O–H groups in total. The molecule has 0 bridgehead atoms. The molecule has 0 saturated heterocycles. The average molecular weight is 228 g/mol. The van der Waals surface area contributed by atoms with Gasteiger partial charge in [-0.2, -0.15) is 0 Å². The number of amides is 2. The maximum Gasteiger partial charge on any atom is 0.312 e. The van der Waals surface area contributed by atoms with Gasteiger partial charge in [-0.1, -0.05) is 52.4 Å². The summed E-state index contributed by atoms with van der Waals surface area (Å²) in [6, 6.07) is -0.406. The number of carbonyl (C=O) groups excluding carboxylic acids is 1. The number of hydrogen-bond donors (Lipinski definition) is 2. The molecule has 3 nitrogen and oxygen atoms in total. The van der Waals surface area contributed by atoms with E-state index in [1.165, 1.54) is 44.9 Å². The van der Waals surface area contributed by atoms with Gasteiger partial charge in [0.25, 0.3) is 0 Å². The summed E-state index contributed by atoms with van der Waals surface area (Å²) in [5.41, 5.74) is 5.01. The highest BCUT2D eigenvalue weighted by Crippen LogP contribution is 2.18. The van der Waals surface area contributed by atoms with Crippen LogP contribution in [0.2, 0.25) is 0 Å². The monoisotopic (exact) mass is 228 g/mol. The number of hydrogen-bond acceptors (Lipinski definition) is 1. The van der Waals surface area contributed by atoms with Crippen molar-refractivity contribution in [2.45, 2.75) is 65.2 Å². The minimum absolute atomic E-state index is 0.406. The summed E-state index contributed by atoms with van der Waals surface area (Å²) in [5, 5.41) is 2.64. The summed E-state index contributed by atoms with van der Waals surface area (Å²) >= 11 is 0. The van der Waals surface area contributed by atoms with E-state index in [-0.39, 0.29) is 0 Å². The Bertz CT molecular complexity index is 171. The van der Waals surface area contributed by atoms with Gasteiger partial charge in [0.15, 0.2) is 0 Å². The first-order chi connectivity index (χ1) is 7.70. The minimum Gasteiger partial charge on any atom is -0.352 e. The van der Waals surface area contributed by atoms with Crippen molar-refractivity contribution in [3.05, 3.63) is 0 Å². The van der Waals surface area contributed by atoms with Crippen LogP contribution in [0.25, 0.3) is 0 Å². The number of urea groups is 1. The standard InChI is InChI=1S/C13H28N2O/c1-3-5-6-7-9-12(4-2)10-8-11-15-13(14)16/h12H,3-11H2,1-2H3,(H3,14,15,16). The third kappa shape index (κ3) is 9.81. The fourth-order valence-electron chi connectivity index (χ4n) is 2.01. The van der Waals surface area contributed by atoms with Crippen LogP contribution in [-0.4, -0.2) is 12.6 Å². The number of unbranched alkanes of at least 4 members (excludes halogenated alkanes) is 3. The molecular formula is C13H28N2O. The molecule has 0 aromatic carbocycles. The smallest absolute Gasteiger partial charge is 0.312 e. The van der Waals surface area contributed by atoms with Crippen molar-refractivity contribution in [1.29, 1.82) is 0 Å². The zero-order chi connectivity index (χ0) is 12.2. The van der Waals surface area contributed by atoms with Gasteiger partial charge in [-0.25, -0.2) is 4.79 Å². The third-order valence-corrected chi connectivity index (χ3v) is 3.13. The zero-order valence-corrected chi connectivity index (χ0v) is 10.9. The Balaban J connectivity index is 3.40. The average Bonchev–Trinajstić information content (AvgIpc) is 2.26. The molecule has 16 heavy (non-hydrogen) atoms. The van der Waals surface area contributed by atoms with E-state index in [2.05, 4.69) is 19.2 Å². The molecule has 0 heterocycles. The van der Waals surface area contributed by atoms with Crippen molar-refractivity contribution in [3.8, 4) is 0 Å². The van der Waals surface area contributed by atoms with Crippen LogP contribution in [-0.2, 0) is 0 Å². The van der Waals surface area contributed by atoms with E-state index in [4.69, 9.17) is 5.73 Å². The SMILES string of the molecule is CCCCCCC(CC)CCCNC(N)=O. The number of rotatable bonds is 10. The van der Waals surface area contributed by atoms with Gasteiger partial charge in [-0.15, -0.1) is 0 Å². The van der Waals surface area contributed by atoms with Crippen molar-refractivity contribution >= 4 is 6.03 Å². The van der Waals surface area contributed by atoms with Gasteiger partial charge in [-0.05, 0) is 18.8 Å². The molecule has 0 aliphatic carbocycles. The van der Waals surface area contributed by atoms with Crippen LogP contribution < -0.4 is 11.1 Å². The van der Waals surface area contributed by atoms with Crippen LogP contribution in [0.3, 0.4) is 0 Å². The van der Waals surface area contributed by atoms with Crippen LogP contribution in [0, 0.1) is 5.92 Å². The minimum atomic E-state index is -0.406. The summed E-state index contributed by atoms with van der Waals surface area (Å²) in [7, 11) is 0. The second-order valence-electron chi connectivity index (χ2n) is 4.56. The molecule has 2 amide bonds. The number of nitrogens with one attached hydrogen (secondary N) is 1. The lowest BCUT2D eigenvalue weighted by molar-refractivity contribution is 0.248. The molecule has 0 rings (SSSR count). The maximum atomic E-state index is 10.5. The molecule has 0 aromatic heterocycles. The summed E-state index contributed by atoms with van der Waals surface area (Å²) in [4.78, 5) is 10.5. The Morgan fingerprint density at radius 1 is 1.12 bits per heavy atom. The lowest BCUT2D eigenvalue weighted by Crippen LogP contribution is -2.30. The summed E-state index contributed by atoms with van der Waals surface area (Å²) in [5.74, 6) is 0.825. The Morgan fingerprint density at radius 2 is 1.81 bits per heavy atom. The molecule has 0 saturated carbocycles. The van der Waals surface area contributed by atoms with Gasteiger partial charge >= 0.3 is 6.03 Å². The number of carbonyl (C=O) groups is 1. The zero-order valence-electron chi connectivity index (χ0n) is 10.9. The van der Waals surface area contributed by atoms with Crippen LogP contribution in [0.4, 0.5) is 4.79 Å². The van der Waals surface area contributed by atoms with Crippen LogP contribution in [0.15, 0.2) is 0 Å². The Kier molecular flexibility index (Phi) is 10.3. The number of nitrogens with two attached hydrogens (primary N) is 1. The largest absolute Gasteiger partial charge is 0.352 e. The highest BCUT2D eigenvalue weighted by molar-refractivity contribution is 5.71. The molecule has 0 spiro atoms. The summed E-state index contributed by atoms with van der Waals surface area (Å²) in [6.07, 6.45) is 10.2. The quantitative estimate of drug-likeness (QED) is 0.553. The predicted octanol–water partition coefficient (Wildman–Crippen LogP) is 3.43. The van der Waals surface area contributed by atoms with E-state index in [1.807, 2.05) is 0 Å². The van der Waals surface area contributed by atoms with Gasteiger partial charge in [0.05, 0.1) is 0 Å². The molecule has 1 atom stereocenters. The first kappa shape index (κ1) is 15.3. The molecule has 96 valence electrons. The van der Waals surface area contributed by atoms with Gasteiger partial charge in [0.2, 0.25) is 0 Å². The maximum absolute atomic E-state index is 10.5. The van der Waals surface area contributed by atoms with E-state index in [0.717, 1.165) is 18.9 Å². The van der Waals surface area contributed by atoms with Crippen molar-refractivity contribution in [1.82, 2.24) is 5.32 Å². The fraction of sp³-hybridized carbons (Fsp3) is 0.923. The highest BCUT2D eigenvalue weighted by atomic mass is 16.2. The molecule has 1 unspecified atom stereocenters. The molecule has 3 heteroatoms. The van der Waals surface area contributed by atoms with E-state index < -0.39 is 6.03 Å². The van der Waals surface area contributed by atoms with Crippen molar-refractivity contribution < 1.29 is 4.79 Å². The second-order valence-corrected chi connectivity index (χ2v) is 4.56. The highest BCUT2D eigenvalue weighted by Gasteiger charge is 2.05. The van der Waals surface area contributed by atoms with Gasteiger partial charge < -0.3 is 11.1 Å². The molecule has 0 aliphatic rings. The molecule has 0 fully saturated rings. The van der Waals surface area contributed by atoms with Gasteiger partial charge in [0, 0.05) is 6.54 Å².